The number of aliphatic hydroxyl groups is 1. The molecule has 0 aliphatic carbocycles. The highest BCUT2D eigenvalue weighted by atomic mass is 79.9. The molecule has 2 aromatic rings. The molecule has 2 aromatic carbocycles. The normalized spacial score (nSPS) is 11.9. The lowest BCUT2D eigenvalue weighted by Crippen LogP contribution is -2.25. The van der Waals surface area contributed by atoms with E-state index in [0.717, 1.165) is 15.6 Å². The van der Waals surface area contributed by atoms with Crippen molar-refractivity contribution in [2.75, 3.05) is 0 Å². The molecule has 104 valence electrons. The number of hydrogen-bond acceptors (Lipinski definition) is 3. The molecule has 20 heavy (non-hydrogen) atoms. The smallest absolute Gasteiger partial charge is 0.335 e. The number of ether oxygens (including phenoxy) is 1. The van der Waals surface area contributed by atoms with Crippen LogP contribution >= 0.6 is 15.9 Å². The Balaban J connectivity index is 1.84. The van der Waals surface area contributed by atoms with Crippen molar-refractivity contribution < 1.29 is 14.6 Å². The zero-order chi connectivity index (χ0) is 14.4. The average Bonchev–Trinajstić information content (AvgIpc) is 2.48. The van der Waals surface area contributed by atoms with E-state index in [2.05, 4.69) is 15.9 Å². The van der Waals surface area contributed by atoms with Crippen molar-refractivity contribution in [2.24, 2.45) is 0 Å². The van der Waals surface area contributed by atoms with E-state index in [-0.39, 0.29) is 13.0 Å². The summed E-state index contributed by atoms with van der Waals surface area (Å²) in [6.07, 6.45) is -0.888. The molecule has 0 saturated carbocycles. The van der Waals surface area contributed by atoms with E-state index in [1.54, 1.807) is 0 Å². The number of esters is 1. The van der Waals surface area contributed by atoms with Crippen molar-refractivity contribution in [3.63, 3.8) is 0 Å². The molecular weight excluding hydrogens is 320 g/mol. The van der Waals surface area contributed by atoms with Crippen LogP contribution in [0.25, 0.3) is 0 Å². The maximum Gasteiger partial charge on any atom is 0.335 e. The fourth-order valence-electron chi connectivity index (χ4n) is 1.75. The van der Waals surface area contributed by atoms with Gasteiger partial charge in [0.15, 0.2) is 6.10 Å². The Morgan fingerprint density at radius 1 is 1.05 bits per heavy atom. The molecule has 0 spiro atoms. The van der Waals surface area contributed by atoms with Gasteiger partial charge < -0.3 is 9.84 Å². The highest BCUT2D eigenvalue weighted by Gasteiger charge is 2.17. The number of carbonyl (C=O) groups excluding carboxylic acids is 1. The number of aliphatic hydroxyl groups excluding tert-OH is 1. The summed E-state index contributed by atoms with van der Waals surface area (Å²) in [4.78, 5) is 11.7. The molecule has 2 rings (SSSR count). The third-order valence-electron chi connectivity index (χ3n) is 2.84. The largest absolute Gasteiger partial charge is 0.459 e. The van der Waals surface area contributed by atoms with E-state index >= 15 is 0 Å². The summed E-state index contributed by atoms with van der Waals surface area (Å²) in [5, 5.41) is 9.83. The molecule has 1 atom stereocenters. The summed E-state index contributed by atoms with van der Waals surface area (Å²) in [5.41, 5.74) is 1.79. The van der Waals surface area contributed by atoms with Gasteiger partial charge in [0.25, 0.3) is 0 Å². The van der Waals surface area contributed by atoms with E-state index in [0.29, 0.717) is 0 Å². The molecule has 0 fully saturated rings. The summed E-state index contributed by atoms with van der Waals surface area (Å²) in [7, 11) is 0. The van der Waals surface area contributed by atoms with Crippen LogP contribution in [-0.4, -0.2) is 17.2 Å². The SMILES string of the molecule is O=C(OCc1ccccc1)C(O)Cc1ccc(Br)cc1. The van der Waals surface area contributed by atoms with Gasteiger partial charge in [0, 0.05) is 10.9 Å². The van der Waals surface area contributed by atoms with Crippen LogP contribution < -0.4 is 0 Å². The molecule has 0 heterocycles. The minimum atomic E-state index is -1.14. The Morgan fingerprint density at radius 3 is 2.35 bits per heavy atom. The van der Waals surface area contributed by atoms with Gasteiger partial charge in [-0.15, -0.1) is 0 Å². The maximum absolute atomic E-state index is 11.7. The predicted octanol–water partition coefficient (Wildman–Crippen LogP) is 3.10. The molecule has 0 aliphatic rings. The van der Waals surface area contributed by atoms with E-state index in [1.807, 2.05) is 54.6 Å². The second kappa shape index (κ2) is 7.22. The Bertz CT molecular complexity index is 552. The summed E-state index contributed by atoms with van der Waals surface area (Å²) in [5.74, 6) is -0.600. The molecule has 1 unspecified atom stereocenters. The molecule has 4 heteroatoms. The minimum Gasteiger partial charge on any atom is -0.459 e. The van der Waals surface area contributed by atoms with Gasteiger partial charge in [0.1, 0.15) is 6.61 Å². The van der Waals surface area contributed by atoms with Crippen molar-refractivity contribution in [2.45, 2.75) is 19.1 Å². The Morgan fingerprint density at radius 2 is 1.70 bits per heavy atom. The summed E-state index contributed by atoms with van der Waals surface area (Å²) >= 11 is 3.34. The van der Waals surface area contributed by atoms with E-state index in [1.165, 1.54) is 0 Å². The van der Waals surface area contributed by atoms with Crippen LogP contribution in [-0.2, 0) is 22.6 Å². The van der Waals surface area contributed by atoms with Gasteiger partial charge in [-0.2, -0.15) is 0 Å². The van der Waals surface area contributed by atoms with Crippen molar-refractivity contribution in [3.05, 3.63) is 70.2 Å². The summed E-state index contributed by atoms with van der Waals surface area (Å²) < 4.78 is 6.05. The average molecular weight is 335 g/mol. The third kappa shape index (κ3) is 4.47. The number of carbonyl (C=O) groups is 1. The van der Waals surface area contributed by atoms with Gasteiger partial charge in [0.2, 0.25) is 0 Å². The molecule has 3 nitrogen and oxygen atoms in total. The van der Waals surface area contributed by atoms with Crippen LogP contribution in [0.15, 0.2) is 59.1 Å². The monoisotopic (exact) mass is 334 g/mol. The van der Waals surface area contributed by atoms with Gasteiger partial charge in [-0.1, -0.05) is 58.4 Å². The molecule has 0 saturated heterocycles. The third-order valence-corrected chi connectivity index (χ3v) is 3.37. The topological polar surface area (TPSA) is 46.5 Å². The van der Waals surface area contributed by atoms with Gasteiger partial charge in [-0.05, 0) is 23.3 Å². The minimum absolute atomic E-state index is 0.178. The quantitative estimate of drug-likeness (QED) is 0.854. The highest BCUT2D eigenvalue weighted by Crippen LogP contribution is 2.12. The van der Waals surface area contributed by atoms with Crippen LogP contribution in [0.2, 0.25) is 0 Å². The van der Waals surface area contributed by atoms with Gasteiger partial charge in [0.05, 0.1) is 0 Å². The van der Waals surface area contributed by atoms with Crippen LogP contribution in [0.4, 0.5) is 0 Å². The first kappa shape index (κ1) is 14.8. The van der Waals surface area contributed by atoms with E-state index < -0.39 is 12.1 Å². The van der Waals surface area contributed by atoms with Crippen LogP contribution in [0.1, 0.15) is 11.1 Å². The lowest BCUT2D eigenvalue weighted by molar-refractivity contribution is -0.154. The predicted molar refractivity (Wildman–Crippen MR) is 80.1 cm³/mol. The second-order valence-corrected chi connectivity index (χ2v) is 5.36. The Labute approximate surface area is 126 Å². The van der Waals surface area contributed by atoms with Crippen LogP contribution in [0, 0.1) is 0 Å². The Kier molecular flexibility index (Phi) is 5.32. The van der Waals surface area contributed by atoms with Crippen molar-refractivity contribution in [1.29, 1.82) is 0 Å². The van der Waals surface area contributed by atoms with E-state index in [9.17, 15) is 9.90 Å². The fourth-order valence-corrected chi connectivity index (χ4v) is 2.02. The van der Waals surface area contributed by atoms with Crippen LogP contribution in [0.3, 0.4) is 0 Å². The molecule has 1 N–H and O–H groups in total. The lowest BCUT2D eigenvalue weighted by atomic mass is 10.1. The van der Waals surface area contributed by atoms with Gasteiger partial charge in [-0.3, -0.25) is 0 Å². The highest BCUT2D eigenvalue weighted by molar-refractivity contribution is 9.10. The fraction of sp³-hybridized carbons (Fsp3) is 0.188. The number of rotatable bonds is 5. The number of halogens is 1. The molecule has 0 amide bonds. The molecule has 0 aliphatic heterocycles. The van der Waals surface area contributed by atoms with Gasteiger partial charge >= 0.3 is 5.97 Å². The number of benzene rings is 2. The molecular formula is C16H15BrO3. The molecule has 0 aromatic heterocycles. The summed E-state index contributed by atoms with van der Waals surface area (Å²) in [6.45, 7) is 0.178. The standard InChI is InChI=1S/C16H15BrO3/c17-14-8-6-12(7-9-14)10-15(18)16(19)20-11-13-4-2-1-3-5-13/h1-9,15,18H,10-11H2. The lowest BCUT2D eigenvalue weighted by Gasteiger charge is -2.11. The van der Waals surface area contributed by atoms with Crippen molar-refractivity contribution in [3.8, 4) is 0 Å². The second-order valence-electron chi connectivity index (χ2n) is 4.44. The van der Waals surface area contributed by atoms with Gasteiger partial charge in [-0.25, -0.2) is 4.79 Å². The Hall–Kier alpha value is -1.65. The first-order valence-corrected chi connectivity index (χ1v) is 7.07. The first-order valence-electron chi connectivity index (χ1n) is 6.28. The maximum atomic E-state index is 11.7. The first-order chi connectivity index (χ1) is 9.65. The van der Waals surface area contributed by atoms with Crippen molar-refractivity contribution in [1.82, 2.24) is 0 Å². The zero-order valence-electron chi connectivity index (χ0n) is 10.8. The number of hydrogen-bond donors (Lipinski definition) is 1. The van der Waals surface area contributed by atoms with Crippen molar-refractivity contribution >= 4 is 21.9 Å². The molecule has 0 bridgehead atoms. The van der Waals surface area contributed by atoms with Crippen LogP contribution in [0.5, 0.6) is 0 Å². The summed E-state index contributed by atoms with van der Waals surface area (Å²) in [6, 6.07) is 16.9. The zero-order valence-corrected chi connectivity index (χ0v) is 12.4. The van der Waals surface area contributed by atoms with E-state index in [4.69, 9.17) is 4.74 Å². The molecule has 0 radical (unpaired) electrons.